The van der Waals surface area contributed by atoms with Crippen molar-refractivity contribution in [2.75, 3.05) is 107 Å². The summed E-state index contributed by atoms with van der Waals surface area (Å²) in [7, 11) is 10.5. The quantitative estimate of drug-likeness (QED) is 0.0286. The van der Waals surface area contributed by atoms with Gasteiger partial charge in [0.05, 0.1) is 58.5 Å². The minimum atomic E-state index is 0.418. The zero-order valence-electron chi connectivity index (χ0n) is 42.7. The molecule has 69 heavy (non-hydrogen) atoms. The highest BCUT2D eigenvalue weighted by molar-refractivity contribution is 8.77. The number of ether oxygens (including phenoxy) is 8. The van der Waals surface area contributed by atoms with Crippen molar-refractivity contribution in [1.29, 1.82) is 0 Å². The van der Waals surface area contributed by atoms with Gasteiger partial charge in [0.25, 0.3) is 0 Å². The highest BCUT2D eigenvalue weighted by Gasteiger charge is 2.08. The summed E-state index contributed by atoms with van der Waals surface area (Å²) >= 11 is 14.7. The van der Waals surface area contributed by atoms with Crippen LogP contribution in [0.2, 0.25) is 0 Å². The van der Waals surface area contributed by atoms with Gasteiger partial charge < -0.3 is 37.9 Å². The average molecular weight is 1110 g/mol. The van der Waals surface area contributed by atoms with Crippen LogP contribution >= 0.6 is 92.8 Å². The smallest absolute Gasteiger partial charge is 0.106 e. The molecule has 6 unspecified atom stereocenters. The fraction of sp³-hybridized carbons (Fsp3) is 0.700. The molecule has 0 N–H and O–H groups in total. The Morgan fingerprint density at radius 3 is 1.06 bits per heavy atom. The normalized spacial score (nSPS) is 13.6. The highest BCUT2D eigenvalue weighted by atomic mass is 33.1. The first-order valence-electron chi connectivity index (χ1n) is 23.9. The topological polar surface area (TPSA) is 113 Å². The third kappa shape index (κ3) is 52.6. The van der Waals surface area contributed by atoms with Crippen molar-refractivity contribution in [1.82, 2.24) is 15.0 Å². The van der Waals surface area contributed by atoms with Gasteiger partial charge in [-0.1, -0.05) is 81.3 Å². The molecule has 11 nitrogen and oxygen atoms in total. The summed E-state index contributed by atoms with van der Waals surface area (Å²) in [5, 5.41) is 5.03. The van der Waals surface area contributed by atoms with Gasteiger partial charge in [-0.2, -0.15) is 49.6 Å². The van der Waals surface area contributed by atoms with Gasteiger partial charge in [-0.3, -0.25) is 4.98 Å². The third-order valence-corrected chi connectivity index (χ3v) is 16.5. The number of rotatable bonds is 39. The number of aromatic nitrogens is 3. The first-order valence-corrected chi connectivity index (χ1v) is 31.0. The lowest BCUT2D eigenvalue weighted by atomic mass is 10.3. The number of hydrogen-bond donors (Lipinski definition) is 3. The van der Waals surface area contributed by atoms with Gasteiger partial charge in [-0.15, -0.1) is 0 Å². The summed E-state index contributed by atoms with van der Waals surface area (Å²) in [4.78, 5) is 12.9. The van der Waals surface area contributed by atoms with Crippen LogP contribution in [-0.2, 0) is 43.6 Å². The van der Waals surface area contributed by atoms with Crippen molar-refractivity contribution in [2.45, 2.75) is 127 Å². The number of hydrogen-bond acceptors (Lipinski definition) is 19. The molecule has 0 aromatic carbocycles. The molecule has 398 valence electrons. The number of pyridine rings is 3. The van der Waals surface area contributed by atoms with Crippen LogP contribution in [0.3, 0.4) is 0 Å². The van der Waals surface area contributed by atoms with Gasteiger partial charge in [0.1, 0.15) is 10.1 Å². The van der Waals surface area contributed by atoms with E-state index in [0.717, 1.165) is 99.7 Å². The predicted octanol–water partition coefficient (Wildman–Crippen LogP) is 12.8. The van der Waals surface area contributed by atoms with E-state index in [1.54, 1.807) is 35.8 Å². The number of methoxy groups -OCH3 is 2. The molecule has 0 saturated carbocycles. The summed E-state index contributed by atoms with van der Waals surface area (Å²) in [6.45, 7) is 23.0. The Bertz CT molecular complexity index is 1390. The van der Waals surface area contributed by atoms with Crippen LogP contribution in [0.4, 0.5) is 0 Å². The number of thioether (sulfide) groups is 1. The van der Waals surface area contributed by atoms with Crippen LogP contribution in [-0.4, -0.2) is 153 Å². The van der Waals surface area contributed by atoms with Crippen LogP contribution in [0.15, 0.2) is 83.2 Å². The predicted molar refractivity (Wildman–Crippen MR) is 311 cm³/mol. The molecule has 0 spiro atoms. The van der Waals surface area contributed by atoms with Crippen LogP contribution in [0.5, 0.6) is 0 Å². The number of nitrogens with zero attached hydrogens (tertiary/aromatic N) is 3. The molecule has 3 heterocycles. The van der Waals surface area contributed by atoms with Crippen molar-refractivity contribution in [2.24, 2.45) is 0 Å². The van der Waals surface area contributed by atoms with E-state index >= 15 is 0 Å². The molecule has 0 fully saturated rings. The largest absolute Gasteiger partial charge is 0.382 e. The second kappa shape index (κ2) is 52.8. The van der Waals surface area contributed by atoms with E-state index in [-0.39, 0.29) is 0 Å². The maximum absolute atomic E-state index is 5.69. The van der Waals surface area contributed by atoms with E-state index in [9.17, 15) is 0 Å². The van der Waals surface area contributed by atoms with E-state index in [1.165, 1.54) is 0 Å². The SMILES string of the molecule is CC(CCOCCOCCC(C)SSc1ccccn1)SSc1ccccn1.CC(S)CCOCCOCCC(C)S.COCCOCCC(C)S.COCCOCCC(C)SCc1ccccn1. The highest BCUT2D eigenvalue weighted by Crippen LogP contribution is 2.35. The Morgan fingerprint density at radius 1 is 0.406 bits per heavy atom. The second-order valence-electron chi connectivity index (χ2n) is 15.7. The van der Waals surface area contributed by atoms with Gasteiger partial charge in [-0.05, 0) is 96.5 Å². The van der Waals surface area contributed by atoms with Crippen molar-refractivity contribution in [3.05, 3.63) is 78.9 Å². The van der Waals surface area contributed by atoms with Gasteiger partial charge in [-0.25, -0.2) is 9.97 Å². The third-order valence-electron chi connectivity index (χ3n) is 8.77. The fourth-order valence-electron chi connectivity index (χ4n) is 4.59. The average Bonchev–Trinajstić information content (AvgIpc) is 3.35. The second-order valence-corrected chi connectivity index (χ2v) is 25.1. The van der Waals surface area contributed by atoms with Gasteiger partial charge >= 0.3 is 0 Å². The zero-order valence-corrected chi connectivity index (χ0v) is 49.5. The molecule has 3 rings (SSSR count). The maximum atomic E-state index is 5.69. The minimum Gasteiger partial charge on any atom is -0.382 e. The Hall–Kier alpha value is -0.0700. The Balaban J connectivity index is 0.000000968. The summed E-state index contributed by atoms with van der Waals surface area (Å²) in [5.74, 6) is 0.972. The van der Waals surface area contributed by atoms with Crippen LogP contribution in [0.1, 0.15) is 85.8 Å². The lowest BCUT2D eigenvalue weighted by Gasteiger charge is -2.12. The Kier molecular flexibility index (Phi) is 52.7. The Morgan fingerprint density at radius 2 is 0.739 bits per heavy atom. The lowest BCUT2D eigenvalue weighted by Crippen LogP contribution is -2.10. The van der Waals surface area contributed by atoms with Gasteiger partial charge in [0, 0.05) is 110 Å². The van der Waals surface area contributed by atoms with Gasteiger partial charge in [0.2, 0.25) is 0 Å². The van der Waals surface area contributed by atoms with Crippen molar-refractivity contribution in [3.8, 4) is 0 Å². The number of thiol groups is 3. The van der Waals surface area contributed by atoms with Crippen molar-refractivity contribution >= 4 is 92.8 Å². The monoisotopic (exact) mass is 1110 g/mol. The van der Waals surface area contributed by atoms with Crippen molar-refractivity contribution < 1.29 is 37.9 Å². The molecular formula is C50H87N3O8S8. The van der Waals surface area contributed by atoms with E-state index in [0.29, 0.717) is 84.4 Å². The maximum Gasteiger partial charge on any atom is 0.106 e. The molecule has 0 aliphatic rings. The van der Waals surface area contributed by atoms with Crippen LogP contribution < -0.4 is 0 Å². The molecule has 6 atom stereocenters. The van der Waals surface area contributed by atoms with E-state index < -0.39 is 0 Å². The molecule has 3 aromatic heterocycles. The molecule has 0 radical (unpaired) electrons. The minimum absolute atomic E-state index is 0.418. The van der Waals surface area contributed by atoms with Crippen LogP contribution in [0.25, 0.3) is 0 Å². The molecular weight excluding hydrogens is 1030 g/mol. The fourth-order valence-corrected chi connectivity index (χ4v) is 9.93. The van der Waals surface area contributed by atoms with Gasteiger partial charge in [0.15, 0.2) is 0 Å². The Labute approximate surface area is 455 Å². The molecule has 3 aromatic rings. The van der Waals surface area contributed by atoms with Crippen molar-refractivity contribution in [3.63, 3.8) is 0 Å². The summed E-state index contributed by atoms with van der Waals surface area (Å²) in [6, 6.07) is 18.0. The molecule has 0 aliphatic carbocycles. The molecule has 19 heteroatoms. The molecule has 0 saturated heterocycles. The lowest BCUT2D eigenvalue weighted by molar-refractivity contribution is 0.0464. The van der Waals surface area contributed by atoms with E-state index in [2.05, 4.69) is 100 Å². The zero-order chi connectivity index (χ0) is 50.8. The summed E-state index contributed by atoms with van der Waals surface area (Å²) < 4.78 is 42.5. The molecule has 0 bridgehead atoms. The summed E-state index contributed by atoms with van der Waals surface area (Å²) in [5.41, 5.74) is 1.14. The first-order chi connectivity index (χ1) is 33.5. The molecule has 0 aliphatic heterocycles. The first kappa shape index (κ1) is 68.9. The van der Waals surface area contributed by atoms with E-state index in [1.807, 2.05) is 100 Å². The van der Waals surface area contributed by atoms with E-state index in [4.69, 9.17) is 37.9 Å². The molecule has 0 amide bonds. The standard InChI is InChI=1S/C20H28N2O2S4.C13H21NO2S.C10H22O2S2.C7H16O2S/c1-17(25-27-19-7-3-5-11-21-19)9-13-23-15-16-24-14-10-18(2)26-28-20-8-4-6-12-22-20;1-12(6-8-16-10-9-15-2)17-11-13-5-3-4-7-14-13;1-9(13)3-5-11-7-8-12-6-4-10(2)14;1-7(10)3-4-9-6-5-8-2/h3-8,11-12,17-18H,9-10,13-16H2,1-2H3;3-5,7,12H,6,8-11H2,1-2H3;9-10,13-14H,3-8H2,1-2H3;7,10H,3-6H2,1-2H3. The van der Waals surface area contributed by atoms with Crippen LogP contribution in [0, 0.1) is 0 Å². The summed E-state index contributed by atoms with van der Waals surface area (Å²) in [6.07, 6.45) is 11.6.